The first-order valence-electron chi connectivity index (χ1n) is 6.74. The van der Waals surface area contributed by atoms with E-state index in [4.69, 9.17) is 5.73 Å². The van der Waals surface area contributed by atoms with Crippen LogP contribution in [-0.2, 0) is 13.0 Å². The van der Waals surface area contributed by atoms with Gasteiger partial charge >= 0.3 is 0 Å². The summed E-state index contributed by atoms with van der Waals surface area (Å²) in [6.45, 7) is 3.77. The minimum absolute atomic E-state index is 0.351. The summed E-state index contributed by atoms with van der Waals surface area (Å²) in [5.41, 5.74) is 8.16. The molecule has 3 nitrogen and oxygen atoms in total. The summed E-state index contributed by atoms with van der Waals surface area (Å²) >= 11 is 1.71. The summed E-state index contributed by atoms with van der Waals surface area (Å²) in [7, 11) is 0. The zero-order chi connectivity index (χ0) is 13.5. The first-order chi connectivity index (χ1) is 9.33. The minimum Gasteiger partial charge on any atom is -0.330 e. The average molecular weight is 275 g/mol. The predicted octanol–water partition coefficient (Wildman–Crippen LogP) is 2.89. The van der Waals surface area contributed by atoms with E-state index in [-0.39, 0.29) is 0 Å². The molecule has 0 aliphatic carbocycles. The van der Waals surface area contributed by atoms with Crippen LogP contribution in [0, 0.1) is 0 Å². The Hall–Kier alpha value is -1.23. The first-order valence-corrected chi connectivity index (χ1v) is 7.62. The Morgan fingerprint density at radius 1 is 1.26 bits per heavy atom. The third-order valence-electron chi connectivity index (χ3n) is 3.17. The van der Waals surface area contributed by atoms with Crippen LogP contribution in [0.2, 0.25) is 0 Å². The highest BCUT2D eigenvalue weighted by Gasteiger charge is 2.10. The number of nitrogens with one attached hydrogen (secondary N) is 1. The van der Waals surface area contributed by atoms with Gasteiger partial charge in [-0.05, 0) is 30.5 Å². The molecule has 0 saturated carbocycles. The summed E-state index contributed by atoms with van der Waals surface area (Å²) in [5.74, 6) is 0. The van der Waals surface area contributed by atoms with Crippen LogP contribution in [0.25, 0.3) is 0 Å². The quantitative estimate of drug-likeness (QED) is 0.817. The van der Waals surface area contributed by atoms with Crippen molar-refractivity contribution in [3.63, 3.8) is 0 Å². The maximum Gasteiger partial charge on any atom is 0.109 e. The third kappa shape index (κ3) is 4.13. The van der Waals surface area contributed by atoms with E-state index in [2.05, 4.69) is 41.5 Å². The van der Waals surface area contributed by atoms with Gasteiger partial charge in [0.15, 0.2) is 0 Å². The van der Waals surface area contributed by atoms with Gasteiger partial charge in [0, 0.05) is 18.1 Å². The SMILES string of the molecule is CCC(NCc1ccc(CCN)cc1)c1nccs1. The largest absolute Gasteiger partial charge is 0.330 e. The van der Waals surface area contributed by atoms with Crippen molar-refractivity contribution in [2.24, 2.45) is 5.73 Å². The second kappa shape index (κ2) is 7.38. The molecular weight excluding hydrogens is 254 g/mol. The van der Waals surface area contributed by atoms with Gasteiger partial charge in [-0.1, -0.05) is 31.2 Å². The molecule has 1 unspecified atom stereocenters. The van der Waals surface area contributed by atoms with Crippen LogP contribution in [0.15, 0.2) is 35.8 Å². The van der Waals surface area contributed by atoms with Gasteiger partial charge in [-0.15, -0.1) is 11.3 Å². The molecule has 1 heterocycles. The summed E-state index contributed by atoms with van der Waals surface area (Å²) in [6.07, 6.45) is 3.87. The van der Waals surface area contributed by atoms with E-state index in [9.17, 15) is 0 Å². The second-order valence-electron chi connectivity index (χ2n) is 4.57. The molecule has 4 heteroatoms. The number of aromatic nitrogens is 1. The fourth-order valence-electron chi connectivity index (χ4n) is 2.04. The molecule has 3 N–H and O–H groups in total. The Kier molecular flexibility index (Phi) is 5.51. The molecule has 1 aromatic carbocycles. The van der Waals surface area contributed by atoms with Gasteiger partial charge in [-0.3, -0.25) is 0 Å². The predicted molar refractivity (Wildman–Crippen MR) is 81.2 cm³/mol. The van der Waals surface area contributed by atoms with E-state index < -0.39 is 0 Å². The molecule has 0 bridgehead atoms. The van der Waals surface area contributed by atoms with Crippen LogP contribution >= 0.6 is 11.3 Å². The Labute approximate surface area is 118 Å². The van der Waals surface area contributed by atoms with Crippen LogP contribution in [0.5, 0.6) is 0 Å². The highest BCUT2D eigenvalue weighted by atomic mass is 32.1. The Balaban J connectivity index is 1.90. The Bertz CT molecular complexity index is 465. The molecule has 1 aromatic heterocycles. The van der Waals surface area contributed by atoms with Crippen molar-refractivity contribution >= 4 is 11.3 Å². The number of nitrogens with two attached hydrogens (primary N) is 1. The molecule has 0 fully saturated rings. The van der Waals surface area contributed by atoms with Crippen LogP contribution in [0.3, 0.4) is 0 Å². The second-order valence-corrected chi connectivity index (χ2v) is 5.49. The molecule has 2 aromatic rings. The lowest BCUT2D eigenvalue weighted by atomic mass is 10.1. The Morgan fingerprint density at radius 2 is 2.00 bits per heavy atom. The number of benzene rings is 1. The molecular formula is C15H21N3S. The van der Waals surface area contributed by atoms with Gasteiger partial charge in [0.05, 0.1) is 6.04 Å². The number of thiazole rings is 1. The van der Waals surface area contributed by atoms with Gasteiger partial charge in [0.2, 0.25) is 0 Å². The maximum absolute atomic E-state index is 5.55. The lowest BCUT2D eigenvalue weighted by Crippen LogP contribution is -2.20. The molecule has 2 rings (SSSR count). The molecule has 0 saturated heterocycles. The highest BCUT2D eigenvalue weighted by Crippen LogP contribution is 2.19. The fraction of sp³-hybridized carbons (Fsp3) is 0.400. The van der Waals surface area contributed by atoms with E-state index in [0.717, 1.165) is 19.4 Å². The van der Waals surface area contributed by atoms with E-state index in [1.54, 1.807) is 11.3 Å². The molecule has 0 aliphatic heterocycles. The van der Waals surface area contributed by atoms with E-state index in [1.807, 2.05) is 11.6 Å². The molecule has 0 amide bonds. The van der Waals surface area contributed by atoms with Crippen molar-refractivity contribution in [1.29, 1.82) is 0 Å². The minimum atomic E-state index is 0.351. The molecule has 0 spiro atoms. The molecule has 102 valence electrons. The van der Waals surface area contributed by atoms with Crippen LogP contribution in [-0.4, -0.2) is 11.5 Å². The van der Waals surface area contributed by atoms with Gasteiger partial charge in [-0.25, -0.2) is 4.98 Å². The molecule has 0 aliphatic rings. The van der Waals surface area contributed by atoms with Crippen LogP contribution < -0.4 is 11.1 Å². The van der Waals surface area contributed by atoms with Crippen molar-refractivity contribution < 1.29 is 0 Å². The fourth-order valence-corrected chi connectivity index (χ4v) is 2.84. The molecule has 19 heavy (non-hydrogen) atoms. The summed E-state index contributed by atoms with van der Waals surface area (Å²) in [6, 6.07) is 9.02. The number of hydrogen-bond donors (Lipinski definition) is 2. The highest BCUT2D eigenvalue weighted by molar-refractivity contribution is 7.09. The van der Waals surface area contributed by atoms with E-state index in [0.29, 0.717) is 12.6 Å². The average Bonchev–Trinajstić information content (AvgIpc) is 2.96. The van der Waals surface area contributed by atoms with Crippen molar-refractivity contribution in [1.82, 2.24) is 10.3 Å². The van der Waals surface area contributed by atoms with Crippen LogP contribution in [0.1, 0.15) is 35.5 Å². The Morgan fingerprint density at radius 3 is 2.58 bits per heavy atom. The molecule has 0 radical (unpaired) electrons. The van der Waals surface area contributed by atoms with Gasteiger partial charge in [0.1, 0.15) is 5.01 Å². The van der Waals surface area contributed by atoms with Crippen molar-refractivity contribution in [2.45, 2.75) is 32.4 Å². The number of hydrogen-bond acceptors (Lipinski definition) is 4. The van der Waals surface area contributed by atoms with E-state index >= 15 is 0 Å². The normalized spacial score (nSPS) is 12.5. The van der Waals surface area contributed by atoms with Gasteiger partial charge in [0.25, 0.3) is 0 Å². The topological polar surface area (TPSA) is 50.9 Å². The summed E-state index contributed by atoms with van der Waals surface area (Å²) in [4.78, 5) is 4.38. The zero-order valence-electron chi connectivity index (χ0n) is 11.3. The smallest absolute Gasteiger partial charge is 0.109 e. The van der Waals surface area contributed by atoms with Crippen molar-refractivity contribution in [3.8, 4) is 0 Å². The van der Waals surface area contributed by atoms with Crippen molar-refractivity contribution in [2.75, 3.05) is 6.54 Å². The van der Waals surface area contributed by atoms with E-state index in [1.165, 1.54) is 16.1 Å². The monoisotopic (exact) mass is 275 g/mol. The maximum atomic E-state index is 5.55. The zero-order valence-corrected chi connectivity index (χ0v) is 12.1. The summed E-state index contributed by atoms with van der Waals surface area (Å²) < 4.78 is 0. The van der Waals surface area contributed by atoms with Crippen molar-refractivity contribution in [3.05, 3.63) is 52.0 Å². The van der Waals surface area contributed by atoms with Gasteiger partial charge in [-0.2, -0.15) is 0 Å². The summed E-state index contributed by atoms with van der Waals surface area (Å²) in [5, 5.41) is 6.76. The first kappa shape index (κ1) is 14.2. The third-order valence-corrected chi connectivity index (χ3v) is 4.06. The lowest BCUT2D eigenvalue weighted by Gasteiger charge is -2.14. The van der Waals surface area contributed by atoms with Crippen LogP contribution in [0.4, 0.5) is 0 Å². The number of nitrogens with zero attached hydrogens (tertiary/aromatic N) is 1. The number of rotatable bonds is 7. The molecule has 1 atom stereocenters. The standard InChI is InChI=1S/C15H21N3S/c1-2-14(15-17-9-10-19-15)18-11-13-5-3-12(4-6-13)7-8-16/h3-6,9-10,14,18H,2,7-8,11,16H2,1H3. The lowest BCUT2D eigenvalue weighted by molar-refractivity contribution is 0.516. The van der Waals surface area contributed by atoms with Gasteiger partial charge < -0.3 is 11.1 Å².